The Kier molecular flexibility index (Phi) is 4.01. The molecule has 3 aliphatic rings. The molecule has 3 fully saturated rings. The lowest BCUT2D eigenvalue weighted by molar-refractivity contribution is -0.152. The van der Waals surface area contributed by atoms with Gasteiger partial charge < -0.3 is 9.84 Å². The van der Waals surface area contributed by atoms with Crippen molar-refractivity contribution in [2.45, 2.75) is 84.8 Å². The van der Waals surface area contributed by atoms with Gasteiger partial charge in [-0.1, -0.05) is 33.3 Å². The Balaban J connectivity index is 1.91. The van der Waals surface area contributed by atoms with Crippen LogP contribution in [0.2, 0.25) is 0 Å². The number of hydrogen-bond acceptors (Lipinski definition) is 2. The van der Waals surface area contributed by atoms with E-state index in [0.717, 1.165) is 12.3 Å². The molecular weight excluding hydrogens is 272 g/mol. The zero-order valence-corrected chi connectivity index (χ0v) is 15.1. The molecule has 3 rings (SSSR count). The summed E-state index contributed by atoms with van der Waals surface area (Å²) in [6.07, 6.45) is 9.89. The standard InChI is InChI=1S/C20H34O2/c1-14(8-12-21)15-13-17-19(4)10-6-9-18(2,3)16(19)7-11-20(17,5)22-15/h8,15-17,21H,6-7,9-13H2,1-5H3. The third-order valence-electron chi connectivity index (χ3n) is 7.52. The van der Waals surface area contributed by atoms with Crippen LogP contribution in [0.4, 0.5) is 0 Å². The van der Waals surface area contributed by atoms with Gasteiger partial charge in [-0.25, -0.2) is 0 Å². The maximum Gasteiger partial charge on any atom is 0.0794 e. The molecule has 0 aromatic carbocycles. The first-order valence-electron chi connectivity index (χ1n) is 9.18. The SMILES string of the molecule is CC(=CCO)C1CC2C(C)(CCC3C(C)(C)CCCC32C)O1. The van der Waals surface area contributed by atoms with E-state index in [1.54, 1.807) is 0 Å². The molecular formula is C20H34O2. The summed E-state index contributed by atoms with van der Waals surface area (Å²) >= 11 is 0. The van der Waals surface area contributed by atoms with Crippen LogP contribution < -0.4 is 0 Å². The molecule has 2 saturated carbocycles. The summed E-state index contributed by atoms with van der Waals surface area (Å²) in [7, 11) is 0. The Morgan fingerprint density at radius 1 is 1.14 bits per heavy atom. The third kappa shape index (κ3) is 2.38. The number of hydrogen-bond donors (Lipinski definition) is 1. The van der Waals surface area contributed by atoms with Crippen LogP contribution in [0.25, 0.3) is 0 Å². The van der Waals surface area contributed by atoms with Gasteiger partial charge in [0.15, 0.2) is 0 Å². The van der Waals surface area contributed by atoms with Crippen LogP contribution in [0.1, 0.15) is 73.1 Å². The summed E-state index contributed by atoms with van der Waals surface area (Å²) in [6.45, 7) is 12.1. The van der Waals surface area contributed by atoms with Gasteiger partial charge in [-0.3, -0.25) is 0 Å². The van der Waals surface area contributed by atoms with E-state index in [1.165, 1.54) is 37.7 Å². The molecule has 2 aliphatic carbocycles. The highest BCUT2D eigenvalue weighted by Crippen LogP contribution is 2.65. The Morgan fingerprint density at radius 3 is 2.55 bits per heavy atom. The summed E-state index contributed by atoms with van der Waals surface area (Å²) in [5.41, 5.74) is 2.15. The maximum absolute atomic E-state index is 9.19. The minimum absolute atomic E-state index is 0.0356. The fourth-order valence-electron chi connectivity index (χ4n) is 6.41. The van der Waals surface area contributed by atoms with Crippen LogP contribution in [0.5, 0.6) is 0 Å². The predicted octanol–water partition coefficient (Wildman–Crippen LogP) is 4.72. The number of aliphatic hydroxyl groups is 1. The largest absolute Gasteiger partial charge is 0.392 e. The Bertz CT molecular complexity index is 466. The second-order valence-corrected chi connectivity index (χ2v) is 9.28. The molecule has 0 aromatic rings. The van der Waals surface area contributed by atoms with Crippen molar-refractivity contribution in [1.29, 1.82) is 0 Å². The number of rotatable bonds is 2. The van der Waals surface area contributed by atoms with Crippen molar-refractivity contribution in [3.63, 3.8) is 0 Å². The second kappa shape index (κ2) is 5.34. The van der Waals surface area contributed by atoms with E-state index in [4.69, 9.17) is 4.74 Å². The van der Waals surface area contributed by atoms with Crippen LogP contribution in [0.15, 0.2) is 11.6 Å². The van der Waals surface area contributed by atoms with Gasteiger partial charge in [0, 0.05) is 0 Å². The fourth-order valence-corrected chi connectivity index (χ4v) is 6.41. The highest BCUT2D eigenvalue weighted by atomic mass is 16.5. The van der Waals surface area contributed by atoms with E-state index < -0.39 is 0 Å². The molecule has 0 bridgehead atoms. The van der Waals surface area contributed by atoms with Gasteiger partial charge >= 0.3 is 0 Å². The molecule has 0 spiro atoms. The highest BCUT2D eigenvalue weighted by molar-refractivity contribution is 5.16. The third-order valence-corrected chi connectivity index (χ3v) is 7.52. The summed E-state index contributed by atoms with van der Waals surface area (Å²) in [5.74, 6) is 1.49. The molecule has 2 heteroatoms. The van der Waals surface area contributed by atoms with Crippen molar-refractivity contribution in [1.82, 2.24) is 0 Å². The van der Waals surface area contributed by atoms with Gasteiger partial charge in [0.2, 0.25) is 0 Å². The molecule has 0 aromatic heterocycles. The van der Waals surface area contributed by atoms with Crippen molar-refractivity contribution in [2.75, 3.05) is 6.61 Å². The van der Waals surface area contributed by atoms with Crippen molar-refractivity contribution >= 4 is 0 Å². The lowest BCUT2D eigenvalue weighted by atomic mass is 9.45. The number of aliphatic hydroxyl groups excluding tert-OH is 1. The number of ether oxygens (including phenoxy) is 1. The lowest BCUT2D eigenvalue weighted by Gasteiger charge is -2.60. The maximum atomic E-state index is 9.19. The minimum Gasteiger partial charge on any atom is -0.392 e. The Labute approximate surface area is 136 Å². The van der Waals surface area contributed by atoms with Gasteiger partial charge in [-0.2, -0.15) is 0 Å². The molecule has 1 heterocycles. The van der Waals surface area contributed by atoms with Gasteiger partial charge in [0.1, 0.15) is 0 Å². The first-order chi connectivity index (χ1) is 10.2. The van der Waals surface area contributed by atoms with E-state index in [9.17, 15) is 5.11 Å². The van der Waals surface area contributed by atoms with E-state index >= 15 is 0 Å². The smallest absolute Gasteiger partial charge is 0.0794 e. The topological polar surface area (TPSA) is 29.5 Å². The summed E-state index contributed by atoms with van der Waals surface area (Å²) < 4.78 is 6.57. The van der Waals surface area contributed by atoms with Gasteiger partial charge in [0.25, 0.3) is 0 Å². The molecule has 5 unspecified atom stereocenters. The normalized spacial score (nSPS) is 47.9. The fraction of sp³-hybridized carbons (Fsp3) is 0.900. The second-order valence-electron chi connectivity index (χ2n) is 9.28. The lowest BCUT2D eigenvalue weighted by Crippen LogP contribution is -2.55. The van der Waals surface area contributed by atoms with Crippen molar-refractivity contribution < 1.29 is 9.84 Å². The first-order valence-corrected chi connectivity index (χ1v) is 9.18. The summed E-state index contributed by atoms with van der Waals surface area (Å²) in [4.78, 5) is 0. The molecule has 1 aliphatic heterocycles. The van der Waals surface area contributed by atoms with Crippen LogP contribution in [0.3, 0.4) is 0 Å². The zero-order chi connectivity index (χ0) is 16.2. The summed E-state index contributed by atoms with van der Waals surface area (Å²) in [6, 6.07) is 0. The van der Waals surface area contributed by atoms with E-state index in [2.05, 4.69) is 34.6 Å². The van der Waals surface area contributed by atoms with E-state index in [1.807, 2.05) is 6.08 Å². The zero-order valence-electron chi connectivity index (χ0n) is 15.1. The Morgan fingerprint density at radius 2 is 1.86 bits per heavy atom. The molecule has 22 heavy (non-hydrogen) atoms. The monoisotopic (exact) mass is 306 g/mol. The van der Waals surface area contributed by atoms with E-state index in [0.29, 0.717) is 16.7 Å². The first kappa shape index (κ1) is 16.5. The van der Waals surface area contributed by atoms with Crippen molar-refractivity contribution in [2.24, 2.45) is 22.7 Å². The molecule has 2 nitrogen and oxygen atoms in total. The van der Waals surface area contributed by atoms with Gasteiger partial charge in [0.05, 0.1) is 18.3 Å². The van der Waals surface area contributed by atoms with Crippen molar-refractivity contribution in [3.8, 4) is 0 Å². The minimum atomic E-state index is 0.0356. The molecule has 126 valence electrons. The van der Waals surface area contributed by atoms with Crippen molar-refractivity contribution in [3.05, 3.63) is 11.6 Å². The molecule has 0 amide bonds. The molecule has 0 radical (unpaired) electrons. The van der Waals surface area contributed by atoms with Crippen LogP contribution in [0, 0.1) is 22.7 Å². The predicted molar refractivity (Wildman–Crippen MR) is 90.7 cm³/mol. The quantitative estimate of drug-likeness (QED) is 0.748. The van der Waals surface area contributed by atoms with Gasteiger partial charge in [-0.15, -0.1) is 0 Å². The molecule has 1 N–H and O–H groups in total. The van der Waals surface area contributed by atoms with Crippen LogP contribution in [-0.4, -0.2) is 23.4 Å². The average molecular weight is 306 g/mol. The van der Waals surface area contributed by atoms with Crippen LogP contribution in [-0.2, 0) is 4.74 Å². The average Bonchev–Trinajstić information content (AvgIpc) is 2.77. The van der Waals surface area contributed by atoms with Gasteiger partial charge in [-0.05, 0) is 74.2 Å². The number of fused-ring (bicyclic) bond motifs is 3. The molecule has 1 saturated heterocycles. The highest BCUT2D eigenvalue weighted by Gasteiger charge is 2.62. The Hall–Kier alpha value is -0.340. The van der Waals surface area contributed by atoms with E-state index in [-0.39, 0.29) is 18.3 Å². The van der Waals surface area contributed by atoms with Crippen LogP contribution >= 0.6 is 0 Å². The summed E-state index contributed by atoms with van der Waals surface area (Å²) in [5, 5.41) is 9.19. The molecule has 5 atom stereocenters.